The number of hydrogen-bond donors (Lipinski definition) is 1. The fraction of sp³-hybridized carbons (Fsp3) is 0.385. The van der Waals surface area contributed by atoms with Crippen LogP contribution in [0.5, 0.6) is 5.75 Å². The molecule has 0 radical (unpaired) electrons. The summed E-state index contributed by atoms with van der Waals surface area (Å²) in [7, 11) is 0. The van der Waals surface area contributed by atoms with E-state index in [0.717, 1.165) is 17.7 Å². The van der Waals surface area contributed by atoms with Gasteiger partial charge in [0.2, 0.25) is 0 Å². The van der Waals surface area contributed by atoms with Crippen LogP contribution in [-0.4, -0.2) is 15.2 Å². The third-order valence-corrected chi connectivity index (χ3v) is 3.06. The SMILES string of the molecule is CCC(O)c1noc(C2Cc3ccccc3O2)n1. The predicted octanol–water partition coefficient (Wildman–Crippen LogP) is 2.19. The van der Waals surface area contributed by atoms with Crippen LogP contribution in [0.2, 0.25) is 0 Å². The van der Waals surface area contributed by atoms with Gasteiger partial charge in [-0.3, -0.25) is 0 Å². The first-order chi connectivity index (χ1) is 8.78. The lowest BCUT2D eigenvalue weighted by Gasteiger charge is -2.04. The molecule has 18 heavy (non-hydrogen) atoms. The molecule has 2 unspecified atom stereocenters. The lowest BCUT2D eigenvalue weighted by atomic mass is 10.1. The van der Waals surface area contributed by atoms with Crippen molar-refractivity contribution in [2.75, 3.05) is 0 Å². The van der Waals surface area contributed by atoms with Crippen LogP contribution in [0.25, 0.3) is 0 Å². The average Bonchev–Trinajstić information content (AvgIpc) is 3.03. The zero-order valence-electron chi connectivity index (χ0n) is 10.0. The Bertz CT molecular complexity index is 528. The number of para-hydroxylation sites is 1. The highest BCUT2D eigenvalue weighted by Crippen LogP contribution is 2.35. The molecule has 2 aromatic rings. The highest BCUT2D eigenvalue weighted by molar-refractivity contribution is 5.37. The van der Waals surface area contributed by atoms with Crippen molar-refractivity contribution in [1.82, 2.24) is 10.1 Å². The zero-order valence-corrected chi connectivity index (χ0v) is 10.0. The molecule has 1 aromatic carbocycles. The summed E-state index contributed by atoms with van der Waals surface area (Å²) >= 11 is 0. The van der Waals surface area contributed by atoms with Crippen LogP contribution >= 0.6 is 0 Å². The molecular weight excluding hydrogens is 232 g/mol. The number of fused-ring (bicyclic) bond motifs is 1. The smallest absolute Gasteiger partial charge is 0.268 e. The maximum Gasteiger partial charge on any atom is 0.268 e. The molecule has 1 N–H and O–H groups in total. The summed E-state index contributed by atoms with van der Waals surface area (Å²) in [5.74, 6) is 1.61. The van der Waals surface area contributed by atoms with Crippen LogP contribution in [0.4, 0.5) is 0 Å². The van der Waals surface area contributed by atoms with Crippen molar-refractivity contribution in [3.8, 4) is 5.75 Å². The first-order valence-corrected chi connectivity index (χ1v) is 6.04. The van der Waals surface area contributed by atoms with Gasteiger partial charge in [-0.1, -0.05) is 30.3 Å². The van der Waals surface area contributed by atoms with Gasteiger partial charge in [-0.25, -0.2) is 0 Å². The van der Waals surface area contributed by atoms with Gasteiger partial charge in [-0.05, 0) is 18.1 Å². The summed E-state index contributed by atoms with van der Waals surface area (Å²) in [4.78, 5) is 4.19. The van der Waals surface area contributed by atoms with E-state index in [1.54, 1.807) is 0 Å². The lowest BCUT2D eigenvalue weighted by molar-refractivity contribution is 0.158. The van der Waals surface area contributed by atoms with Crippen molar-refractivity contribution >= 4 is 0 Å². The molecule has 5 heteroatoms. The quantitative estimate of drug-likeness (QED) is 0.899. The summed E-state index contributed by atoms with van der Waals surface area (Å²) in [6, 6.07) is 7.85. The van der Waals surface area contributed by atoms with Gasteiger partial charge in [0.25, 0.3) is 5.89 Å². The van der Waals surface area contributed by atoms with E-state index in [9.17, 15) is 5.11 Å². The van der Waals surface area contributed by atoms with Crippen LogP contribution in [0.3, 0.4) is 0 Å². The lowest BCUT2D eigenvalue weighted by Crippen LogP contribution is -2.04. The Morgan fingerprint density at radius 2 is 2.28 bits per heavy atom. The number of aliphatic hydroxyl groups is 1. The van der Waals surface area contributed by atoms with E-state index in [-0.39, 0.29) is 6.10 Å². The molecule has 0 spiro atoms. The normalized spacial score (nSPS) is 19.3. The maximum absolute atomic E-state index is 9.63. The highest BCUT2D eigenvalue weighted by atomic mass is 16.5. The molecular formula is C13H14N2O3. The van der Waals surface area contributed by atoms with Gasteiger partial charge in [-0.15, -0.1) is 0 Å². The van der Waals surface area contributed by atoms with Crippen molar-refractivity contribution < 1.29 is 14.4 Å². The molecule has 1 aliphatic rings. The van der Waals surface area contributed by atoms with Crippen LogP contribution < -0.4 is 4.74 Å². The number of benzene rings is 1. The molecule has 0 saturated heterocycles. The van der Waals surface area contributed by atoms with E-state index in [0.29, 0.717) is 18.1 Å². The Morgan fingerprint density at radius 3 is 3.06 bits per heavy atom. The third-order valence-electron chi connectivity index (χ3n) is 3.06. The van der Waals surface area contributed by atoms with Crippen LogP contribution in [0.1, 0.15) is 42.8 Å². The molecule has 0 bridgehead atoms. The van der Waals surface area contributed by atoms with Gasteiger partial charge in [0.05, 0.1) is 0 Å². The van der Waals surface area contributed by atoms with Gasteiger partial charge >= 0.3 is 0 Å². The van der Waals surface area contributed by atoms with Gasteiger partial charge < -0.3 is 14.4 Å². The van der Waals surface area contributed by atoms with Crippen molar-refractivity contribution in [3.63, 3.8) is 0 Å². The molecule has 5 nitrogen and oxygen atoms in total. The van der Waals surface area contributed by atoms with E-state index < -0.39 is 6.10 Å². The topological polar surface area (TPSA) is 68.4 Å². The highest BCUT2D eigenvalue weighted by Gasteiger charge is 2.29. The molecule has 0 aliphatic carbocycles. The predicted molar refractivity (Wildman–Crippen MR) is 63.1 cm³/mol. The summed E-state index contributed by atoms with van der Waals surface area (Å²) in [6.45, 7) is 1.86. The minimum atomic E-state index is -0.675. The number of hydrogen-bond acceptors (Lipinski definition) is 5. The van der Waals surface area contributed by atoms with E-state index in [1.807, 2.05) is 31.2 Å². The minimum Gasteiger partial charge on any atom is -0.480 e. The number of aromatic nitrogens is 2. The first kappa shape index (κ1) is 11.2. The van der Waals surface area contributed by atoms with Crippen LogP contribution in [0, 0.1) is 0 Å². The Hall–Kier alpha value is -1.88. The summed E-state index contributed by atoms with van der Waals surface area (Å²) in [6.07, 6.45) is 0.365. The fourth-order valence-electron chi connectivity index (χ4n) is 2.02. The average molecular weight is 246 g/mol. The molecule has 1 aromatic heterocycles. The third kappa shape index (κ3) is 1.86. The maximum atomic E-state index is 9.63. The Labute approximate surface area is 104 Å². The molecule has 2 heterocycles. The Balaban J connectivity index is 1.80. The second kappa shape index (κ2) is 4.42. The summed E-state index contributed by atoms with van der Waals surface area (Å²) in [5.41, 5.74) is 1.14. The van der Waals surface area contributed by atoms with Gasteiger partial charge in [-0.2, -0.15) is 4.98 Å². The summed E-state index contributed by atoms with van der Waals surface area (Å²) < 4.78 is 10.9. The van der Waals surface area contributed by atoms with Crippen molar-refractivity contribution in [2.45, 2.75) is 32.0 Å². The molecule has 0 saturated carbocycles. The zero-order chi connectivity index (χ0) is 12.5. The van der Waals surface area contributed by atoms with Crippen LogP contribution in [-0.2, 0) is 6.42 Å². The van der Waals surface area contributed by atoms with Gasteiger partial charge in [0.1, 0.15) is 11.9 Å². The second-order valence-electron chi connectivity index (χ2n) is 4.33. The van der Waals surface area contributed by atoms with E-state index in [2.05, 4.69) is 10.1 Å². The standard InChI is InChI=1S/C13H14N2O3/c1-2-9(16)12-14-13(18-15-12)11-7-8-5-3-4-6-10(8)17-11/h3-6,9,11,16H,2,7H2,1H3. The minimum absolute atomic E-state index is 0.243. The number of aliphatic hydroxyl groups excluding tert-OH is 1. The van der Waals surface area contributed by atoms with Gasteiger partial charge in [0.15, 0.2) is 11.9 Å². The largest absolute Gasteiger partial charge is 0.480 e. The number of nitrogens with zero attached hydrogens (tertiary/aromatic N) is 2. The van der Waals surface area contributed by atoms with Crippen molar-refractivity contribution in [2.24, 2.45) is 0 Å². The summed E-state index contributed by atoms with van der Waals surface area (Å²) in [5, 5.41) is 13.4. The Kier molecular flexibility index (Phi) is 2.76. The Morgan fingerprint density at radius 1 is 1.44 bits per heavy atom. The first-order valence-electron chi connectivity index (χ1n) is 6.04. The fourth-order valence-corrected chi connectivity index (χ4v) is 2.02. The monoisotopic (exact) mass is 246 g/mol. The molecule has 3 rings (SSSR count). The van der Waals surface area contributed by atoms with Crippen LogP contribution in [0.15, 0.2) is 28.8 Å². The molecule has 94 valence electrons. The second-order valence-corrected chi connectivity index (χ2v) is 4.33. The van der Waals surface area contributed by atoms with Crippen molar-refractivity contribution in [1.29, 1.82) is 0 Å². The van der Waals surface area contributed by atoms with E-state index in [1.165, 1.54) is 0 Å². The molecule has 0 fully saturated rings. The van der Waals surface area contributed by atoms with E-state index in [4.69, 9.17) is 9.26 Å². The van der Waals surface area contributed by atoms with Gasteiger partial charge in [0, 0.05) is 6.42 Å². The van der Waals surface area contributed by atoms with E-state index >= 15 is 0 Å². The molecule has 2 atom stereocenters. The molecule has 1 aliphatic heterocycles. The molecule has 0 amide bonds. The number of ether oxygens (including phenoxy) is 1. The number of rotatable bonds is 3. The van der Waals surface area contributed by atoms with Crippen molar-refractivity contribution in [3.05, 3.63) is 41.5 Å².